The number of halogens is 2. The Morgan fingerprint density at radius 1 is 0.872 bits per heavy atom. The van der Waals surface area contributed by atoms with Crippen LogP contribution < -0.4 is 9.62 Å². The van der Waals surface area contributed by atoms with Crippen molar-refractivity contribution in [2.24, 2.45) is 0 Å². The predicted octanol–water partition coefficient (Wildman–Crippen LogP) is 7.70. The number of benzene rings is 4. The smallest absolute Gasteiger partial charge is 0.264 e. The van der Waals surface area contributed by atoms with Gasteiger partial charge < -0.3 is 10.2 Å². The lowest BCUT2D eigenvalue weighted by atomic mass is 9.94. The third-order valence-corrected chi connectivity index (χ3v) is 11.1. The first kappa shape index (κ1) is 34.7. The molecule has 0 aliphatic heterocycles. The number of carbonyl (C=O) groups excluding carboxylic acids is 2. The molecule has 0 spiro atoms. The van der Waals surface area contributed by atoms with Gasteiger partial charge in [-0.2, -0.15) is 0 Å². The van der Waals surface area contributed by atoms with Gasteiger partial charge in [0.05, 0.1) is 15.6 Å². The van der Waals surface area contributed by atoms with Crippen LogP contribution in [0.2, 0.25) is 5.02 Å². The Bertz CT molecular complexity index is 1780. The molecule has 1 saturated carbocycles. The first-order valence-electron chi connectivity index (χ1n) is 15.8. The summed E-state index contributed by atoms with van der Waals surface area (Å²) < 4.78 is 30.3. The Labute approximate surface area is 291 Å². The second-order valence-corrected chi connectivity index (χ2v) is 15.2. The van der Waals surface area contributed by atoms with E-state index < -0.39 is 28.5 Å². The van der Waals surface area contributed by atoms with Gasteiger partial charge in [0.25, 0.3) is 10.0 Å². The van der Waals surface area contributed by atoms with Gasteiger partial charge in [0.1, 0.15) is 12.6 Å². The van der Waals surface area contributed by atoms with E-state index in [9.17, 15) is 18.0 Å². The number of nitrogens with one attached hydrogen (secondary N) is 1. The lowest BCUT2D eigenvalue weighted by molar-refractivity contribution is -0.140. The van der Waals surface area contributed by atoms with Crippen molar-refractivity contribution in [2.45, 2.75) is 69.0 Å². The minimum absolute atomic E-state index is 0.0267. The van der Waals surface area contributed by atoms with E-state index >= 15 is 0 Å². The molecule has 1 aliphatic carbocycles. The molecule has 2 amide bonds. The summed E-state index contributed by atoms with van der Waals surface area (Å²) in [6.45, 7) is 1.40. The highest BCUT2D eigenvalue weighted by atomic mass is 79.9. The Morgan fingerprint density at radius 3 is 2.21 bits per heavy atom. The van der Waals surface area contributed by atoms with Gasteiger partial charge in [-0.1, -0.05) is 119 Å². The van der Waals surface area contributed by atoms with Gasteiger partial charge in [0.2, 0.25) is 11.8 Å². The summed E-state index contributed by atoms with van der Waals surface area (Å²) >= 11 is 10.1. The molecule has 47 heavy (non-hydrogen) atoms. The highest BCUT2D eigenvalue weighted by Gasteiger charge is 2.36. The average Bonchev–Trinajstić information content (AvgIpc) is 3.06. The number of anilines is 1. The van der Waals surface area contributed by atoms with Gasteiger partial charge in [0, 0.05) is 23.5 Å². The zero-order chi connectivity index (χ0) is 33.4. The van der Waals surface area contributed by atoms with Crippen molar-refractivity contribution in [3.05, 3.63) is 129 Å². The first-order chi connectivity index (χ1) is 22.6. The van der Waals surface area contributed by atoms with Gasteiger partial charge in [0.15, 0.2) is 0 Å². The van der Waals surface area contributed by atoms with Crippen LogP contribution in [0.25, 0.3) is 0 Å². The average molecular weight is 737 g/mol. The van der Waals surface area contributed by atoms with Crippen molar-refractivity contribution >= 4 is 55.1 Å². The van der Waals surface area contributed by atoms with Crippen molar-refractivity contribution in [1.82, 2.24) is 10.2 Å². The van der Waals surface area contributed by atoms with E-state index in [1.165, 1.54) is 17.0 Å². The molecule has 1 aliphatic rings. The van der Waals surface area contributed by atoms with Crippen LogP contribution in [0.1, 0.15) is 48.8 Å². The lowest BCUT2D eigenvalue weighted by Crippen LogP contribution is -2.55. The normalized spacial score (nSPS) is 14.3. The molecule has 0 heterocycles. The van der Waals surface area contributed by atoms with Crippen molar-refractivity contribution in [2.75, 3.05) is 10.8 Å². The van der Waals surface area contributed by atoms with Crippen molar-refractivity contribution < 1.29 is 18.0 Å². The maximum Gasteiger partial charge on any atom is 0.264 e. The quantitative estimate of drug-likeness (QED) is 0.162. The highest BCUT2D eigenvalue weighted by Crippen LogP contribution is 2.31. The third-order valence-electron chi connectivity index (χ3n) is 8.47. The fraction of sp³-hybridized carbons (Fsp3) is 0.297. The molecule has 1 fully saturated rings. The number of hydrogen-bond donors (Lipinski definition) is 1. The van der Waals surface area contributed by atoms with Crippen LogP contribution in [0.4, 0.5) is 5.69 Å². The number of hydrogen-bond acceptors (Lipinski definition) is 4. The van der Waals surface area contributed by atoms with Crippen molar-refractivity contribution in [1.29, 1.82) is 0 Å². The number of nitrogens with zero attached hydrogens (tertiary/aromatic N) is 2. The minimum Gasteiger partial charge on any atom is -0.352 e. The molecule has 0 aromatic heterocycles. The van der Waals surface area contributed by atoms with Gasteiger partial charge in [-0.25, -0.2) is 8.42 Å². The minimum atomic E-state index is -4.24. The van der Waals surface area contributed by atoms with E-state index in [0.29, 0.717) is 0 Å². The molecule has 10 heteroatoms. The number of carbonyl (C=O) groups is 2. The number of para-hydroxylation sites is 1. The molecular weight excluding hydrogens is 698 g/mol. The summed E-state index contributed by atoms with van der Waals surface area (Å²) in [5, 5.41) is 3.42. The molecular formula is C37H39BrClN3O4S. The van der Waals surface area contributed by atoms with E-state index in [4.69, 9.17) is 11.6 Å². The molecule has 5 rings (SSSR count). The lowest BCUT2D eigenvalue weighted by Gasteiger charge is -2.35. The van der Waals surface area contributed by atoms with E-state index in [1.54, 1.807) is 36.4 Å². The molecule has 4 aromatic rings. The van der Waals surface area contributed by atoms with Crippen LogP contribution in [0, 0.1) is 6.92 Å². The van der Waals surface area contributed by atoms with E-state index in [-0.39, 0.29) is 40.5 Å². The fourth-order valence-corrected chi connectivity index (χ4v) is 8.10. The second kappa shape index (κ2) is 16.0. The number of sulfonamides is 1. The molecule has 246 valence electrons. The molecule has 1 atom stereocenters. The monoisotopic (exact) mass is 735 g/mol. The largest absolute Gasteiger partial charge is 0.352 e. The Hall–Kier alpha value is -3.66. The van der Waals surface area contributed by atoms with E-state index in [0.717, 1.165) is 57.6 Å². The summed E-state index contributed by atoms with van der Waals surface area (Å²) in [7, 11) is -4.24. The van der Waals surface area contributed by atoms with Crippen molar-refractivity contribution in [3.8, 4) is 0 Å². The molecule has 0 saturated heterocycles. The summed E-state index contributed by atoms with van der Waals surface area (Å²) in [5.41, 5.74) is 2.76. The maximum absolute atomic E-state index is 14.7. The van der Waals surface area contributed by atoms with Gasteiger partial charge in [-0.15, -0.1) is 0 Å². The Morgan fingerprint density at radius 2 is 1.53 bits per heavy atom. The molecule has 1 N–H and O–H groups in total. The van der Waals surface area contributed by atoms with Crippen LogP contribution in [0.3, 0.4) is 0 Å². The summed E-state index contributed by atoms with van der Waals surface area (Å²) in [6.07, 6.45) is 5.25. The van der Waals surface area contributed by atoms with E-state index in [2.05, 4.69) is 21.2 Å². The Balaban J connectivity index is 1.57. The summed E-state index contributed by atoms with van der Waals surface area (Å²) in [5.74, 6) is -0.782. The number of aryl methyl sites for hydroxylation is 1. The SMILES string of the molecule is Cc1ccc(S(=O)(=O)N(CC(=O)N(Cc2cccc(Br)c2)[C@@H](Cc2ccccc2)C(=O)NC2CCCCC2)c2ccccc2Cl)cc1. The van der Waals surface area contributed by atoms with Crippen molar-refractivity contribution in [3.63, 3.8) is 0 Å². The summed E-state index contributed by atoms with van der Waals surface area (Å²) in [4.78, 5) is 30.4. The highest BCUT2D eigenvalue weighted by molar-refractivity contribution is 9.10. The molecule has 0 unspecified atom stereocenters. The van der Waals surface area contributed by atoms with Crippen LogP contribution in [0.5, 0.6) is 0 Å². The van der Waals surface area contributed by atoms with Gasteiger partial charge in [-0.05, 0) is 67.3 Å². The van der Waals surface area contributed by atoms with Gasteiger partial charge in [-0.3, -0.25) is 13.9 Å². The zero-order valence-corrected chi connectivity index (χ0v) is 29.5. The zero-order valence-electron chi connectivity index (χ0n) is 26.3. The molecule has 0 radical (unpaired) electrons. The first-order valence-corrected chi connectivity index (χ1v) is 18.4. The standard InChI is InChI=1S/C37H39BrClN3O4S/c1-27-19-21-32(22-20-27)47(45,46)42(34-18-9-8-17-33(34)39)26-36(43)41(25-29-13-10-14-30(38)23-29)35(24-28-11-4-2-5-12-28)37(44)40-31-15-6-3-7-16-31/h2,4-5,8-14,17-23,31,35H,3,6-7,15-16,24-26H2,1H3,(H,40,44)/t35-/m0/s1. The molecule has 4 aromatic carbocycles. The third kappa shape index (κ3) is 9.03. The molecule has 7 nitrogen and oxygen atoms in total. The maximum atomic E-state index is 14.7. The fourth-order valence-electron chi connectivity index (χ4n) is 5.94. The van der Waals surface area contributed by atoms with E-state index in [1.807, 2.05) is 61.5 Å². The second-order valence-electron chi connectivity index (χ2n) is 12.0. The number of rotatable bonds is 12. The predicted molar refractivity (Wildman–Crippen MR) is 191 cm³/mol. The molecule has 0 bridgehead atoms. The summed E-state index contributed by atoms with van der Waals surface area (Å²) in [6, 6.07) is 29.3. The van der Waals surface area contributed by atoms with Crippen LogP contribution in [-0.2, 0) is 32.6 Å². The topological polar surface area (TPSA) is 86.8 Å². The van der Waals surface area contributed by atoms with Crippen LogP contribution >= 0.6 is 27.5 Å². The number of amides is 2. The van der Waals surface area contributed by atoms with Gasteiger partial charge >= 0.3 is 0 Å². The van der Waals surface area contributed by atoms with Crippen LogP contribution in [0.15, 0.2) is 112 Å². The Kier molecular flexibility index (Phi) is 11.8. The van der Waals surface area contributed by atoms with Crippen LogP contribution in [-0.4, -0.2) is 43.8 Å².